The molecule has 1 rings (SSSR count). The molecule has 5 heteroatoms. The predicted molar refractivity (Wildman–Crippen MR) is 67.2 cm³/mol. The molecule has 2 N–H and O–H groups in total. The minimum absolute atomic E-state index is 0.122. The number of nitrogens with one attached hydrogen (secondary N) is 1. The fraction of sp³-hybridized carbons (Fsp3) is 0.667. The molecule has 1 heterocycles. The minimum atomic E-state index is -0.336. The summed E-state index contributed by atoms with van der Waals surface area (Å²) in [5.74, 6) is 1.11. The number of aliphatic hydroxyl groups excluding tert-OH is 1. The molecule has 0 aliphatic rings. The van der Waals surface area contributed by atoms with Crippen molar-refractivity contribution in [3.63, 3.8) is 0 Å². The van der Waals surface area contributed by atoms with Crippen LogP contribution >= 0.6 is 0 Å². The Labute approximate surface area is 102 Å². The number of hydrogen-bond acceptors (Lipinski definition) is 5. The molecule has 0 amide bonds. The molecule has 0 radical (unpaired) electrons. The number of nitrogens with zero attached hydrogens (tertiary/aromatic N) is 2. The predicted octanol–water partition coefficient (Wildman–Crippen LogP) is 1.84. The van der Waals surface area contributed by atoms with Crippen molar-refractivity contribution in [3.05, 3.63) is 12.3 Å². The van der Waals surface area contributed by atoms with Crippen molar-refractivity contribution in [2.45, 2.75) is 45.8 Å². The lowest BCUT2D eigenvalue weighted by Gasteiger charge is -2.15. The second-order valence-corrected chi connectivity index (χ2v) is 4.20. The number of aliphatic hydroxyl groups is 1. The van der Waals surface area contributed by atoms with Crippen LogP contribution in [0.15, 0.2) is 12.3 Å². The van der Waals surface area contributed by atoms with E-state index in [2.05, 4.69) is 15.3 Å². The van der Waals surface area contributed by atoms with Crippen LogP contribution in [0.5, 0.6) is 5.88 Å². The molecule has 96 valence electrons. The normalized spacial score (nSPS) is 14.1. The summed E-state index contributed by atoms with van der Waals surface area (Å²) in [6.45, 7) is 6.44. The maximum absolute atomic E-state index is 9.27. The molecule has 2 atom stereocenters. The fourth-order valence-corrected chi connectivity index (χ4v) is 1.49. The highest BCUT2D eigenvalue weighted by atomic mass is 16.5. The first-order chi connectivity index (χ1) is 8.11. The van der Waals surface area contributed by atoms with Gasteiger partial charge in [-0.1, -0.05) is 6.92 Å². The highest BCUT2D eigenvalue weighted by Crippen LogP contribution is 2.10. The van der Waals surface area contributed by atoms with Gasteiger partial charge < -0.3 is 15.2 Å². The zero-order valence-electron chi connectivity index (χ0n) is 10.7. The van der Waals surface area contributed by atoms with Gasteiger partial charge in [-0.2, -0.15) is 4.98 Å². The van der Waals surface area contributed by atoms with Crippen molar-refractivity contribution in [3.8, 4) is 5.88 Å². The first-order valence-corrected chi connectivity index (χ1v) is 6.02. The van der Waals surface area contributed by atoms with Crippen LogP contribution < -0.4 is 10.1 Å². The Morgan fingerprint density at radius 1 is 1.47 bits per heavy atom. The number of aromatic nitrogens is 2. The van der Waals surface area contributed by atoms with Gasteiger partial charge in [0.25, 0.3) is 0 Å². The summed E-state index contributed by atoms with van der Waals surface area (Å²) in [5, 5.41) is 12.4. The van der Waals surface area contributed by atoms with E-state index in [1.54, 1.807) is 19.2 Å². The molecule has 1 aromatic heterocycles. The van der Waals surface area contributed by atoms with Crippen LogP contribution in [0.1, 0.15) is 33.6 Å². The lowest BCUT2D eigenvalue weighted by atomic mass is 10.2. The summed E-state index contributed by atoms with van der Waals surface area (Å²) in [7, 11) is 0. The summed E-state index contributed by atoms with van der Waals surface area (Å²) >= 11 is 0. The summed E-state index contributed by atoms with van der Waals surface area (Å²) in [5.41, 5.74) is 0. The van der Waals surface area contributed by atoms with Crippen LogP contribution in [-0.4, -0.2) is 33.8 Å². The number of anilines is 1. The highest BCUT2D eigenvalue weighted by molar-refractivity contribution is 5.28. The molecule has 5 nitrogen and oxygen atoms in total. The minimum Gasteiger partial charge on any atom is -0.478 e. The average molecular weight is 239 g/mol. The van der Waals surface area contributed by atoms with E-state index in [1.165, 1.54) is 0 Å². The van der Waals surface area contributed by atoms with Gasteiger partial charge in [-0.15, -0.1) is 0 Å². The Kier molecular flexibility index (Phi) is 5.69. The van der Waals surface area contributed by atoms with E-state index < -0.39 is 0 Å². The molecule has 0 aromatic carbocycles. The maximum Gasteiger partial charge on any atom is 0.226 e. The third kappa shape index (κ3) is 5.49. The van der Waals surface area contributed by atoms with Crippen molar-refractivity contribution in [2.75, 3.05) is 11.9 Å². The van der Waals surface area contributed by atoms with Crippen LogP contribution in [0.3, 0.4) is 0 Å². The van der Waals surface area contributed by atoms with E-state index in [0.29, 0.717) is 24.9 Å². The van der Waals surface area contributed by atoms with Crippen molar-refractivity contribution in [1.82, 2.24) is 9.97 Å². The first kappa shape index (κ1) is 13.7. The Bertz CT molecular complexity index is 331. The monoisotopic (exact) mass is 239 g/mol. The molecular weight excluding hydrogens is 218 g/mol. The van der Waals surface area contributed by atoms with E-state index in [4.69, 9.17) is 4.74 Å². The smallest absolute Gasteiger partial charge is 0.226 e. The van der Waals surface area contributed by atoms with E-state index in [1.807, 2.05) is 13.8 Å². The van der Waals surface area contributed by atoms with Gasteiger partial charge in [0.1, 0.15) is 0 Å². The molecule has 1 aromatic rings. The quantitative estimate of drug-likeness (QED) is 0.760. The summed E-state index contributed by atoms with van der Waals surface area (Å²) < 4.78 is 5.42. The van der Waals surface area contributed by atoms with Gasteiger partial charge in [0.2, 0.25) is 11.8 Å². The molecule has 0 spiro atoms. The molecule has 17 heavy (non-hydrogen) atoms. The summed E-state index contributed by atoms with van der Waals surface area (Å²) in [6.07, 6.45) is 2.93. The van der Waals surface area contributed by atoms with Crippen LogP contribution in [-0.2, 0) is 0 Å². The lowest BCUT2D eigenvalue weighted by Crippen LogP contribution is -2.21. The molecule has 0 aliphatic carbocycles. The van der Waals surface area contributed by atoms with Crippen LogP contribution in [0.4, 0.5) is 5.95 Å². The van der Waals surface area contributed by atoms with Crippen molar-refractivity contribution < 1.29 is 9.84 Å². The standard InChI is InChI=1S/C12H21N3O2/c1-4-7-17-11-5-6-13-12(15-11)14-9(2)8-10(3)16/h5-6,9-10,16H,4,7-8H2,1-3H3,(H,13,14,15). The van der Waals surface area contributed by atoms with Crippen LogP contribution in [0, 0.1) is 0 Å². The molecular formula is C12H21N3O2. The van der Waals surface area contributed by atoms with E-state index in [0.717, 1.165) is 6.42 Å². The Balaban J connectivity index is 2.52. The number of ether oxygens (including phenoxy) is 1. The lowest BCUT2D eigenvalue weighted by molar-refractivity contribution is 0.179. The third-order valence-electron chi connectivity index (χ3n) is 2.15. The molecule has 2 unspecified atom stereocenters. The highest BCUT2D eigenvalue weighted by Gasteiger charge is 2.08. The Morgan fingerprint density at radius 3 is 2.88 bits per heavy atom. The third-order valence-corrected chi connectivity index (χ3v) is 2.15. The van der Waals surface area contributed by atoms with E-state index in [-0.39, 0.29) is 12.1 Å². The molecule has 0 saturated heterocycles. The van der Waals surface area contributed by atoms with Gasteiger partial charge in [-0.25, -0.2) is 4.98 Å². The summed E-state index contributed by atoms with van der Waals surface area (Å²) in [6, 6.07) is 1.86. The summed E-state index contributed by atoms with van der Waals surface area (Å²) in [4.78, 5) is 8.34. The maximum atomic E-state index is 9.27. The fourth-order valence-electron chi connectivity index (χ4n) is 1.49. The zero-order chi connectivity index (χ0) is 12.7. The van der Waals surface area contributed by atoms with E-state index in [9.17, 15) is 5.11 Å². The van der Waals surface area contributed by atoms with Crippen LogP contribution in [0.2, 0.25) is 0 Å². The Morgan fingerprint density at radius 2 is 2.24 bits per heavy atom. The van der Waals surface area contributed by atoms with Gasteiger partial charge in [0.15, 0.2) is 0 Å². The molecule has 0 aliphatic heterocycles. The first-order valence-electron chi connectivity index (χ1n) is 6.02. The van der Waals surface area contributed by atoms with Gasteiger partial charge in [0.05, 0.1) is 12.7 Å². The Hall–Kier alpha value is -1.36. The topological polar surface area (TPSA) is 67.3 Å². The van der Waals surface area contributed by atoms with Crippen molar-refractivity contribution >= 4 is 5.95 Å². The number of rotatable bonds is 7. The molecule has 0 saturated carbocycles. The average Bonchev–Trinajstić information content (AvgIpc) is 2.25. The zero-order valence-corrected chi connectivity index (χ0v) is 10.7. The van der Waals surface area contributed by atoms with Gasteiger partial charge >= 0.3 is 0 Å². The van der Waals surface area contributed by atoms with Crippen molar-refractivity contribution in [1.29, 1.82) is 0 Å². The molecule has 0 fully saturated rings. The van der Waals surface area contributed by atoms with Gasteiger partial charge in [0, 0.05) is 18.3 Å². The largest absolute Gasteiger partial charge is 0.478 e. The second kappa shape index (κ2) is 7.06. The SMILES string of the molecule is CCCOc1ccnc(NC(C)CC(C)O)n1. The second-order valence-electron chi connectivity index (χ2n) is 4.20. The number of hydrogen-bond donors (Lipinski definition) is 2. The van der Waals surface area contributed by atoms with Crippen LogP contribution in [0.25, 0.3) is 0 Å². The van der Waals surface area contributed by atoms with Gasteiger partial charge in [-0.05, 0) is 26.7 Å². The van der Waals surface area contributed by atoms with Gasteiger partial charge in [-0.3, -0.25) is 0 Å². The van der Waals surface area contributed by atoms with Crippen molar-refractivity contribution in [2.24, 2.45) is 0 Å². The molecule has 0 bridgehead atoms. The van der Waals surface area contributed by atoms with E-state index >= 15 is 0 Å².